The van der Waals surface area contributed by atoms with Crippen molar-refractivity contribution in [3.05, 3.63) is 26.9 Å². The molecule has 60 valence electrons. The SMILES string of the molecule is Cn1c([O-])cc(=O)n(C)c1=O. The summed E-state index contributed by atoms with van der Waals surface area (Å²) >= 11 is 0. The van der Waals surface area contributed by atoms with Crippen LogP contribution in [0.15, 0.2) is 15.7 Å². The van der Waals surface area contributed by atoms with Crippen molar-refractivity contribution >= 4 is 0 Å². The lowest BCUT2D eigenvalue weighted by Gasteiger charge is -2.11. The Morgan fingerprint density at radius 2 is 1.82 bits per heavy atom. The largest absolute Gasteiger partial charge is 0.860 e. The van der Waals surface area contributed by atoms with E-state index in [2.05, 4.69) is 0 Å². The first-order chi connectivity index (χ1) is 5.04. The molecule has 11 heavy (non-hydrogen) atoms. The van der Waals surface area contributed by atoms with Gasteiger partial charge < -0.3 is 9.67 Å². The third-order valence-corrected chi connectivity index (χ3v) is 1.48. The number of nitrogens with zero attached hydrogens (tertiary/aromatic N) is 2. The van der Waals surface area contributed by atoms with Gasteiger partial charge in [0, 0.05) is 20.2 Å². The Balaban J connectivity index is 3.74. The molecule has 0 radical (unpaired) electrons. The molecular weight excluding hydrogens is 148 g/mol. The Kier molecular flexibility index (Phi) is 1.56. The number of aromatic nitrogens is 2. The average molecular weight is 155 g/mol. The van der Waals surface area contributed by atoms with E-state index in [4.69, 9.17) is 0 Å². The summed E-state index contributed by atoms with van der Waals surface area (Å²) in [6, 6.07) is 0.876. The molecule has 5 heteroatoms. The summed E-state index contributed by atoms with van der Waals surface area (Å²) in [4.78, 5) is 21.7. The summed E-state index contributed by atoms with van der Waals surface area (Å²) in [6.07, 6.45) is 0. The number of hydrogen-bond acceptors (Lipinski definition) is 3. The van der Waals surface area contributed by atoms with E-state index in [0.29, 0.717) is 0 Å². The van der Waals surface area contributed by atoms with E-state index in [1.54, 1.807) is 0 Å². The second-order valence-corrected chi connectivity index (χ2v) is 2.22. The van der Waals surface area contributed by atoms with Gasteiger partial charge in [-0.3, -0.25) is 9.36 Å². The molecule has 0 aromatic carbocycles. The normalized spacial score (nSPS) is 10.0. The summed E-state index contributed by atoms with van der Waals surface area (Å²) in [5, 5.41) is 10.8. The van der Waals surface area contributed by atoms with Gasteiger partial charge in [-0.25, -0.2) is 4.79 Å². The maximum Gasteiger partial charge on any atom is 0.329 e. The lowest BCUT2D eigenvalue weighted by molar-refractivity contribution is -0.279. The molecule has 0 atom stereocenters. The summed E-state index contributed by atoms with van der Waals surface area (Å²) in [7, 11) is 2.65. The van der Waals surface area contributed by atoms with Crippen LogP contribution in [0.4, 0.5) is 0 Å². The molecule has 1 heterocycles. The van der Waals surface area contributed by atoms with E-state index < -0.39 is 17.1 Å². The number of rotatable bonds is 0. The molecule has 0 aliphatic rings. The molecule has 0 saturated heterocycles. The molecule has 1 rings (SSSR count). The first kappa shape index (κ1) is 7.59. The molecule has 0 aliphatic heterocycles. The summed E-state index contributed by atoms with van der Waals surface area (Å²) in [6.45, 7) is 0. The van der Waals surface area contributed by atoms with E-state index >= 15 is 0 Å². The van der Waals surface area contributed by atoms with Gasteiger partial charge in [-0.15, -0.1) is 0 Å². The van der Waals surface area contributed by atoms with Crippen molar-refractivity contribution < 1.29 is 5.11 Å². The quantitative estimate of drug-likeness (QED) is 0.442. The van der Waals surface area contributed by atoms with Gasteiger partial charge in [-0.2, -0.15) is 0 Å². The minimum absolute atomic E-state index is 0.571. The van der Waals surface area contributed by atoms with E-state index in [-0.39, 0.29) is 0 Å². The molecule has 0 unspecified atom stereocenters. The molecule has 0 spiro atoms. The van der Waals surface area contributed by atoms with Crippen molar-refractivity contribution in [2.24, 2.45) is 14.1 Å². The van der Waals surface area contributed by atoms with E-state index in [1.807, 2.05) is 0 Å². The van der Waals surface area contributed by atoms with Crippen LogP contribution in [0.1, 0.15) is 0 Å². The Hall–Kier alpha value is -1.52. The molecule has 0 amide bonds. The van der Waals surface area contributed by atoms with Crippen molar-refractivity contribution in [2.75, 3.05) is 0 Å². The predicted octanol–water partition coefficient (Wildman–Crippen LogP) is -1.84. The van der Waals surface area contributed by atoms with Crippen molar-refractivity contribution in [3.8, 4) is 5.88 Å². The van der Waals surface area contributed by atoms with Gasteiger partial charge in [0.25, 0.3) is 5.56 Å². The van der Waals surface area contributed by atoms with Gasteiger partial charge in [-0.05, 0) is 5.88 Å². The van der Waals surface area contributed by atoms with Crippen LogP contribution >= 0.6 is 0 Å². The molecule has 5 nitrogen and oxygen atoms in total. The smallest absolute Gasteiger partial charge is 0.329 e. The first-order valence-electron chi connectivity index (χ1n) is 2.98. The van der Waals surface area contributed by atoms with Gasteiger partial charge in [0.2, 0.25) is 0 Å². The van der Waals surface area contributed by atoms with Crippen molar-refractivity contribution in [1.82, 2.24) is 9.13 Å². The molecule has 1 aromatic rings. The van der Waals surface area contributed by atoms with Gasteiger partial charge in [0.1, 0.15) is 0 Å². The Labute approximate surface area is 62.1 Å². The molecule has 0 aliphatic carbocycles. The fourth-order valence-electron chi connectivity index (χ4n) is 0.713. The maximum atomic E-state index is 10.9. The fraction of sp³-hybridized carbons (Fsp3) is 0.333. The molecule has 0 N–H and O–H groups in total. The van der Waals surface area contributed by atoms with E-state index in [9.17, 15) is 14.7 Å². The summed E-state index contributed by atoms with van der Waals surface area (Å²) in [5.74, 6) is -0.571. The topological polar surface area (TPSA) is 67.1 Å². The van der Waals surface area contributed by atoms with Crippen molar-refractivity contribution in [2.45, 2.75) is 0 Å². The predicted molar refractivity (Wildman–Crippen MR) is 36.4 cm³/mol. The molecule has 0 bridgehead atoms. The second-order valence-electron chi connectivity index (χ2n) is 2.22. The average Bonchev–Trinajstić information content (AvgIpc) is 1.97. The van der Waals surface area contributed by atoms with Gasteiger partial charge in [0.15, 0.2) is 0 Å². The van der Waals surface area contributed by atoms with Crippen molar-refractivity contribution in [3.63, 3.8) is 0 Å². The summed E-state index contributed by atoms with van der Waals surface area (Å²) < 4.78 is 1.75. The van der Waals surface area contributed by atoms with Crippen LogP contribution in [0.3, 0.4) is 0 Å². The van der Waals surface area contributed by atoms with E-state index in [1.165, 1.54) is 14.1 Å². The molecule has 1 aromatic heterocycles. The highest BCUT2D eigenvalue weighted by atomic mass is 16.3. The first-order valence-corrected chi connectivity index (χ1v) is 2.98. The van der Waals surface area contributed by atoms with Crippen LogP contribution in [0, 0.1) is 0 Å². The third kappa shape index (κ3) is 1.04. The van der Waals surface area contributed by atoms with Gasteiger partial charge >= 0.3 is 5.69 Å². The van der Waals surface area contributed by atoms with E-state index in [0.717, 1.165) is 15.2 Å². The molecule has 0 fully saturated rings. The van der Waals surface area contributed by atoms with Crippen LogP contribution in [0.5, 0.6) is 5.88 Å². The minimum atomic E-state index is -0.595. The Bertz CT molecular complexity index is 388. The Morgan fingerprint density at radius 1 is 1.27 bits per heavy atom. The second kappa shape index (κ2) is 2.26. The highest BCUT2D eigenvalue weighted by Crippen LogP contribution is 1.89. The highest BCUT2D eigenvalue weighted by molar-refractivity contribution is 5.04. The molecular formula is C6H7N2O3-. The van der Waals surface area contributed by atoms with Gasteiger partial charge in [0.05, 0.1) is 0 Å². The number of hydrogen-bond donors (Lipinski definition) is 0. The zero-order valence-corrected chi connectivity index (χ0v) is 6.20. The maximum absolute atomic E-state index is 10.9. The lowest BCUT2D eigenvalue weighted by atomic mass is 10.6. The van der Waals surface area contributed by atoms with Crippen LogP contribution in [-0.2, 0) is 14.1 Å². The van der Waals surface area contributed by atoms with Crippen LogP contribution in [0.2, 0.25) is 0 Å². The van der Waals surface area contributed by atoms with Crippen LogP contribution in [0.25, 0.3) is 0 Å². The lowest BCUT2D eigenvalue weighted by Crippen LogP contribution is -2.37. The standard InChI is InChI=1S/C6H8N2O3/c1-7-4(9)3-5(10)8(2)6(7)11/h3,9H,1-2H3/p-1. The molecule has 0 saturated carbocycles. The van der Waals surface area contributed by atoms with Crippen LogP contribution < -0.4 is 16.4 Å². The zero-order valence-electron chi connectivity index (χ0n) is 6.20. The summed E-state index contributed by atoms with van der Waals surface area (Å²) in [5.41, 5.74) is -1.17. The zero-order chi connectivity index (χ0) is 8.59. The van der Waals surface area contributed by atoms with Crippen LogP contribution in [-0.4, -0.2) is 9.13 Å². The highest BCUT2D eigenvalue weighted by Gasteiger charge is 1.96. The Morgan fingerprint density at radius 3 is 2.36 bits per heavy atom. The third-order valence-electron chi connectivity index (χ3n) is 1.48. The minimum Gasteiger partial charge on any atom is -0.860 e. The van der Waals surface area contributed by atoms with Gasteiger partial charge in [-0.1, -0.05) is 0 Å². The van der Waals surface area contributed by atoms with Crippen molar-refractivity contribution in [1.29, 1.82) is 0 Å². The fourth-order valence-corrected chi connectivity index (χ4v) is 0.713. The monoisotopic (exact) mass is 155 g/mol.